The Morgan fingerprint density at radius 3 is 2.09 bits per heavy atom. The summed E-state index contributed by atoms with van der Waals surface area (Å²) in [6.45, 7) is 4.41. The van der Waals surface area contributed by atoms with Gasteiger partial charge in [0, 0.05) is 14.2 Å². The zero-order valence-corrected chi connectivity index (χ0v) is 20.9. The van der Waals surface area contributed by atoms with Gasteiger partial charge in [-0.2, -0.15) is 0 Å². The Morgan fingerprint density at radius 2 is 1.50 bits per heavy atom. The fourth-order valence-corrected chi connectivity index (χ4v) is 5.93. The Balaban J connectivity index is 1.55. The summed E-state index contributed by atoms with van der Waals surface area (Å²) in [5.41, 5.74) is 1.25. The number of hydrogen-bond acceptors (Lipinski definition) is 8. The zero-order valence-electron chi connectivity index (χ0n) is 20.0. The molecule has 0 saturated carbocycles. The van der Waals surface area contributed by atoms with Gasteiger partial charge in [-0.15, -0.1) is 0 Å². The molecule has 0 spiro atoms. The fraction of sp³-hybridized carbons (Fsp3) is 0.520. The molecule has 5 atom stereocenters. The van der Waals surface area contributed by atoms with Gasteiger partial charge in [-0.05, 0) is 25.0 Å². The molecule has 8 nitrogen and oxygen atoms in total. The Bertz CT molecular complexity index is 946. The van der Waals surface area contributed by atoms with E-state index in [-0.39, 0.29) is 6.61 Å². The predicted octanol–water partition coefficient (Wildman–Crippen LogP) is 4.52. The molecule has 186 valence electrons. The van der Waals surface area contributed by atoms with Gasteiger partial charge in [-0.3, -0.25) is 4.57 Å². The van der Waals surface area contributed by atoms with Gasteiger partial charge in [-0.1, -0.05) is 60.7 Å². The van der Waals surface area contributed by atoms with E-state index in [2.05, 4.69) is 0 Å². The van der Waals surface area contributed by atoms with Crippen molar-refractivity contribution in [3.05, 3.63) is 71.8 Å². The summed E-state index contributed by atoms with van der Waals surface area (Å²) >= 11 is 0. The maximum absolute atomic E-state index is 13.6. The van der Waals surface area contributed by atoms with Gasteiger partial charge >= 0.3 is 7.60 Å². The number of benzene rings is 2. The first-order valence-electron chi connectivity index (χ1n) is 11.3. The van der Waals surface area contributed by atoms with Crippen molar-refractivity contribution in [2.45, 2.75) is 63.1 Å². The molecule has 2 heterocycles. The molecular formula is C25H33O8P. The molecule has 0 radical (unpaired) electrons. The first-order chi connectivity index (χ1) is 16.3. The third-order valence-electron chi connectivity index (χ3n) is 6.01. The monoisotopic (exact) mass is 492 g/mol. The molecule has 0 amide bonds. The van der Waals surface area contributed by atoms with E-state index in [1.807, 2.05) is 74.5 Å². The number of rotatable bonds is 11. The first-order valence-corrected chi connectivity index (χ1v) is 13.0. The molecule has 2 aromatic rings. The van der Waals surface area contributed by atoms with Crippen LogP contribution in [0.5, 0.6) is 0 Å². The number of hydrogen-bond donors (Lipinski definition) is 0. The molecule has 0 unspecified atom stereocenters. The zero-order chi connectivity index (χ0) is 24.2. The predicted molar refractivity (Wildman–Crippen MR) is 125 cm³/mol. The lowest BCUT2D eigenvalue weighted by molar-refractivity contribution is -0.220. The molecule has 0 aliphatic carbocycles. The molecule has 2 aromatic carbocycles. The average molecular weight is 493 g/mol. The van der Waals surface area contributed by atoms with Crippen LogP contribution in [0.2, 0.25) is 0 Å². The minimum absolute atomic E-state index is 0.0759. The SMILES string of the molecule is COP(=O)(OC)[C@H](COCc1ccccc1)[C@H]1O[C@H]2OC(C)(C)O[C@H]2[C@H]1OCc1ccccc1. The molecule has 34 heavy (non-hydrogen) atoms. The van der Waals surface area contributed by atoms with E-state index in [0.29, 0.717) is 13.2 Å². The average Bonchev–Trinajstić information content (AvgIpc) is 3.32. The van der Waals surface area contributed by atoms with Crippen LogP contribution >= 0.6 is 7.60 Å². The molecule has 0 N–H and O–H groups in total. The summed E-state index contributed by atoms with van der Waals surface area (Å²) in [4.78, 5) is 0. The summed E-state index contributed by atoms with van der Waals surface area (Å²) in [7, 11) is -0.885. The topological polar surface area (TPSA) is 81.7 Å². The van der Waals surface area contributed by atoms with E-state index < -0.39 is 43.6 Å². The fourth-order valence-electron chi connectivity index (χ4n) is 4.35. The van der Waals surface area contributed by atoms with Crippen molar-refractivity contribution in [3.63, 3.8) is 0 Å². The van der Waals surface area contributed by atoms with Crippen LogP contribution in [0.25, 0.3) is 0 Å². The van der Waals surface area contributed by atoms with Crippen LogP contribution in [0.4, 0.5) is 0 Å². The molecule has 0 bridgehead atoms. The molecule has 9 heteroatoms. The van der Waals surface area contributed by atoms with Crippen molar-refractivity contribution in [3.8, 4) is 0 Å². The summed E-state index contributed by atoms with van der Waals surface area (Å²) in [5, 5.41) is 0. The van der Waals surface area contributed by atoms with Crippen LogP contribution in [0.15, 0.2) is 60.7 Å². The van der Waals surface area contributed by atoms with Crippen LogP contribution < -0.4 is 0 Å². The molecule has 2 saturated heterocycles. The Kier molecular flexibility index (Phi) is 8.23. The standard InChI is InChI=1S/C25H33O8P/c1-25(2)32-23-22(30-16-19-13-9-6-10-14-19)21(31-24(23)33-25)20(34(26,27-3)28-4)17-29-15-18-11-7-5-8-12-18/h5-14,20-24H,15-17H2,1-4H3/t20-,21-,22+,23+,24+/m1/s1. The van der Waals surface area contributed by atoms with Crippen molar-refractivity contribution >= 4 is 7.60 Å². The van der Waals surface area contributed by atoms with Gasteiger partial charge in [0.05, 0.1) is 19.8 Å². The second-order valence-corrected chi connectivity index (χ2v) is 11.3. The minimum atomic E-state index is -3.61. The van der Waals surface area contributed by atoms with E-state index in [1.54, 1.807) is 0 Å². The van der Waals surface area contributed by atoms with Crippen LogP contribution in [-0.2, 0) is 50.5 Å². The summed E-state index contributed by atoms with van der Waals surface area (Å²) in [6.07, 6.45) is -2.44. The van der Waals surface area contributed by atoms with Gasteiger partial charge in [0.2, 0.25) is 0 Å². The van der Waals surface area contributed by atoms with E-state index in [1.165, 1.54) is 14.2 Å². The Labute approximate surface area is 200 Å². The summed E-state index contributed by atoms with van der Waals surface area (Å²) < 4.78 is 55.0. The van der Waals surface area contributed by atoms with Crippen LogP contribution in [0.1, 0.15) is 25.0 Å². The molecule has 2 aliphatic rings. The van der Waals surface area contributed by atoms with Crippen molar-refractivity contribution < 1.29 is 37.3 Å². The highest BCUT2D eigenvalue weighted by Crippen LogP contribution is 2.56. The highest BCUT2D eigenvalue weighted by atomic mass is 31.2. The number of fused-ring (bicyclic) bond motifs is 1. The second-order valence-electron chi connectivity index (χ2n) is 8.80. The highest BCUT2D eigenvalue weighted by molar-refractivity contribution is 7.54. The van der Waals surface area contributed by atoms with Gasteiger partial charge in [0.1, 0.15) is 24.0 Å². The van der Waals surface area contributed by atoms with Gasteiger partial charge in [0.25, 0.3) is 0 Å². The third-order valence-corrected chi connectivity index (χ3v) is 8.28. The van der Waals surface area contributed by atoms with Crippen LogP contribution in [-0.4, -0.2) is 56.9 Å². The lowest BCUT2D eigenvalue weighted by Crippen LogP contribution is -2.44. The lowest BCUT2D eigenvalue weighted by Gasteiger charge is -2.33. The molecular weight excluding hydrogens is 459 g/mol. The lowest BCUT2D eigenvalue weighted by atomic mass is 10.1. The highest BCUT2D eigenvalue weighted by Gasteiger charge is 2.60. The van der Waals surface area contributed by atoms with E-state index in [9.17, 15) is 4.57 Å². The summed E-state index contributed by atoms with van der Waals surface area (Å²) in [6, 6.07) is 19.6. The summed E-state index contributed by atoms with van der Waals surface area (Å²) in [5.74, 6) is -0.819. The van der Waals surface area contributed by atoms with Crippen LogP contribution in [0.3, 0.4) is 0 Å². The molecule has 2 fully saturated rings. The number of ether oxygens (including phenoxy) is 5. The largest absolute Gasteiger partial charge is 0.376 e. The van der Waals surface area contributed by atoms with Crippen molar-refractivity contribution in [1.82, 2.24) is 0 Å². The maximum Gasteiger partial charge on any atom is 0.338 e. The van der Waals surface area contributed by atoms with Crippen molar-refractivity contribution in [2.75, 3.05) is 20.8 Å². The first kappa shape index (κ1) is 25.5. The molecule has 4 rings (SSSR count). The minimum Gasteiger partial charge on any atom is -0.376 e. The molecule has 0 aromatic heterocycles. The maximum atomic E-state index is 13.6. The van der Waals surface area contributed by atoms with Crippen LogP contribution in [0, 0.1) is 0 Å². The van der Waals surface area contributed by atoms with E-state index in [4.69, 9.17) is 32.7 Å². The Hall–Kier alpha value is -1.61. The Morgan fingerprint density at radius 1 is 0.912 bits per heavy atom. The quantitative estimate of drug-likeness (QED) is 0.424. The smallest absolute Gasteiger partial charge is 0.338 e. The van der Waals surface area contributed by atoms with Crippen molar-refractivity contribution in [1.29, 1.82) is 0 Å². The van der Waals surface area contributed by atoms with Gasteiger partial charge in [-0.25, -0.2) is 0 Å². The third kappa shape index (κ3) is 5.78. The van der Waals surface area contributed by atoms with E-state index >= 15 is 0 Å². The van der Waals surface area contributed by atoms with Gasteiger partial charge in [0.15, 0.2) is 12.1 Å². The van der Waals surface area contributed by atoms with Gasteiger partial charge < -0.3 is 32.7 Å². The van der Waals surface area contributed by atoms with E-state index in [0.717, 1.165) is 11.1 Å². The normalized spacial score (nSPS) is 26.9. The second kappa shape index (κ2) is 11.0. The van der Waals surface area contributed by atoms with Crippen molar-refractivity contribution in [2.24, 2.45) is 0 Å². The molecule has 2 aliphatic heterocycles.